The van der Waals surface area contributed by atoms with Gasteiger partial charge < -0.3 is 5.11 Å². The second-order valence-electron chi connectivity index (χ2n) is 4.35. The Labute approximate surface area is 125 Å². The molecule has 1 heterocycles. The molecule has 2 aromatic rings. The van der Waals surface area contributed by atoms with Crippen molar-refractivity contribution >= 4 is 23.8 Å². The van der Waals surface area contributed by atoms with Gasteiger partial charge in [-0.05, 0) is 35.8 Å². The first-order chi connectivity index (χ1) is 10.0. The van der Waals surface area contributed by atoms with Crippen molar-refractivity contribution in [2.24, 2.45) is 0 Å². The number of aliphatic carboxylic acids is 1. The quantitative estimate of drug-likeness (QED) is 0.521. The summed E-state index contributed by atoms with van der Waals surface area (Å²) in [4.78, 5) is 18.7. The SMILES string of the molecule is Cc1cnc(SCc2ccc(C=CC(=O)O)cc2F)nc1. The van der Waals surface area contributed by atoms with Crippen molar-refractivity contribution in [3.05, 3.63) is 59.2 Å². The molecule has 0 aliphatic heterocycles. The lowest BCUT2D eigenvalue weighted by Crippen LogP contribution is -1.92. The van der Waals surface area contributed by atoms with Crippen LogP contribution in [0.3, 0.4) is 0 Å². The highest BCUT2D eigenvalue weighted by Gasteiger charge is 2.05. The summed E-state index contributed by atoms with van der Waals surface area (Å²) in [7, 11) is 0. The summed E-state index contributed by atoms with van der Waals surface area (Å²) in [5, 5.41) is 9.12. The summed E-state index contributed by atoms with van der Waals surface area (Å²) in [6.07, 6.45) is 5.76. The fraction of sp³-hybridized carbons (Fsp3) is 0.133. The number of rotatable bonds is 5. The Bertz CT molecular complexity index is 672. The molecule has 2 rings (SSSR count). The largest absolute Gasteiger partial charge is 0.478 e. The van der Waals surface area contributed by atoms with E-state index in [4.69, 9.17) is 5.11 Å². The molecule has 0 bridgehead atoms. The Hall–Kier alpha value is -2.21. The molecule has 0 aliphatic rings. The van der Waals surface area contributed by atoms with Gasteiger partial charge in [0.25, 0.3) is 0 Å². The lowest BCUT2D eigenvalue weighted by atomic mass is 10.1. The number of hydrogen-bond donors (Lipinski definition) is 1. The number of carbonyl (C=O) groups is 1. The predicted molar refractivity (Wildman–Crippen MR) is 79.4 cm³/mol. The van der Waals surface area contributed by atoms with E-state index in [1.54, 1.807) is 24.5 Å². The van der Waals surface area contributed by atoms with Crippen LogP contribution in [0.2, 0.25) is 0 Å². The lowest BCUT2D eigenvalue weighted by Gasteiger charge is -2.04. The second-order valence-corrected chi connectivity index (χ2v) is 5.30. The van der Waals surface area contributed by atoms with Crippen LogP contribution >= 0.6 is 11.8 Å². The molecule has 0 saturated carbocycles. The van der Waals surface area contributed by atoms with E-state index in [1.165, 1.54) is 23.9 Å². The molecule has 0 spiro atoms. The molecule has 0 fully saturated rings. The molecule has 0 atom stereocenters. The minimum Gasteiger partial charge on any atom is -0.478 e. The van der Waals surface area contributed by atoms with Gasteiger partial charge in [0.15, 0.2) is 5.16 Å². The molecule has 0 aliphatic carbocycles. The number of halogens is 1. The van der Waals surface area contributed by atoms with Gasteiger partial charge in [0, 0.05) is 24.2 Å². The first kappa shape index (κ1) is 15.2. The minimum atomic E-state index is -1.06. The maximum absolute atomic E-state index is 13.9. The number of benzene rings is 1. The second kappa shape index (κ2) is 6.99. The maximum atomic E-state index is 13.9. The van der Waals surface area contributed by atoms with Crippen LogP contribution in [-0.4, -0.2) is 21.0 Å². The van der Waals surface area contributed by atoms with Gasteiger partial charge in [-0.25, -0.2) is 19.2 Å². The van der Waals surface area contributed by atoms with Crippen LogP contribution in [0.25, 0.3) is 6.08 Å². The van der Waals surface area contributed by atoms with Gasteiger partial charge in [-0.15, -0.1) is 0 Å². The molecule has 1 N–H and O–H groups in total. The van der Waals surface area contributed by atoms with Gasteiger partial charge in [-0.3, -0.25) is 0 Å². The van der Waals surface area contributed by atoms with Crippen LogP contribution < -0.4 is 0 Å². The van der Waals surface area contributed by atoms with Crippen molar-refractivity contribution in [1.82, 2.24) is 9.97 Å². The Morgan fingerprint density at radius 3 is 2.71 bits per heavy atom. The zero-order chi connectivity index (χ0) is 15.2. The van der Waals surface area contributed by atoms with E-state index in [9.17, 15) is 9.18 Å². The third-order valence-corrected chi connectivity index (χ3v) is 3.53. The molecule has 21 heavy (non-hydrogen) atoms. The highest BCUT2D eigenvalue weighted by molar-refractivity contribution is 7.98. The van der Waals surface area contributed by atoms with Crippen molar-refractivity contribution in [3.63, 3.8) is 0 Å². The van der Waals surface area contributed by atoms with Crippen LogP contribution in [0.5, 0.6) is 0 Å². The summed E-state index contributed by atoms with van der Waals surface area (Å²) < 4.78 is 13.9. The first-order valence-corrected chi connectivity index (χ1v) is 7.14. The minimum absolute atomic E-state index is 0.373. The highest BCUT2D eigenvalue weighted by atomic mass is 32.2. The maximum Gasteiger partial charge on any atom is 0.328 e. The summed E-state index contributed by atoms with van der Waals surface area (Å²) in [6, 6.07) is 4.62. The molecule has 4 nitrogen and oxygen atoms in total. The Morgan fingerprint density at radius 2 is 2.10 bits per heavy atom. The Balaban J connectivity index is 2.04. The van der Waals surface area contributed by atoms with Crippen LogP contribution in [0.4, 0.5) is 4.39 Å². The number of thioether (sulfide) groups is 1. The Morgan fingerprint density at radius 1 is 1.38 bits per heavy atom. The molecule has 1 aromatic heterocycles. The normalized spacial score (nSPS) is 11.0. The third kappa shape index (κ3) is 4.68. The average Bonchev–Trinajstić information content (AvgIpc) is 2.46. The monoisotopic (exact) mass is 304 g/mol. The molecule has 0 amide bonds. The molecule has 6 heteroatoms. The summed E-state index contributed by atoms with van der Waals surface area (Å²) in [5.74, 6) is -1.02. The molecular formula is C15H13FN2O2S. The van der Waals surface area contributed by atoms with E-state index in [2.05, 4.69) is 9.97 Å². The van der Waals surface area contributed by atoms with Gasteiger partial charge in [0.05, 0.1) is 0 Å². The summed E-state index contributed by atoms with van der Waals surface area (Å²) in [5.41, 5.74) is 2.01. The van der Waals surface area contributed by atoms with E-state index in [1.807, 2.05) is 6.92 Å². The van der Waals surface area contributed by atoms with Crippen molar-refractivity contribution in [3.8, 4) is 0 Å². The lowest BCUT2D eigenvalue weighted by molar-refractivity contribution is -0.131. The van der Waals surface area contributed by atoms with E-state index in [0.29, 0.717) is 22.0 Å². The molecule has 1 aromatic carbocycles. The van der Waals surface area contributed by atoms with Crippen molar-refractivity contribution in [2.75, 3.05) is 0 Å². The molecule has 0 unspecified atom stereocenters. The summed E-state index contributed by atoms with van der Waals surface area (Å²) in [6.45, 7) is 1.90. The zero-order valence-electron chi connectivity index (χ0n) is 11.3. The van der Waals surface area contributed by atoms with E-state index < -0.39 is 5.97 Å². The summed E-state index contributed by atoms with van der Waals surface area (Å²) >= 11 is 1.35. The van der Waals surface area contributed by atoms with Crippen LogP contribution in [0, 0.1) is 12.7 Å². The van der Waals surface area contributed by atoms with Gasteiger partial charge >= 0.3 is 5.97 Å². The molecule has 0 saturated heterocycles. The zero-order valence-corrected chi connectivity index (χ0v) is 12.1. The van der Waals surface area contributed by atoms with Crippen molar-refractivity contribution in [2.45, 2.75) is 17.8 Å². The highest BCUT2D eigenvalue weighted by Crippen LogP contribution is 2.21. The van der Waals surface area contributed by atoms with Crippen LogP contribution in [0.1, 0.15) is 16.7 Å². The van der Waals surface area contributed by atoms with Crippen LogP contribution in [-0.2, 0) is 10.5 Å². The number of aryl methyl sites for hydroxylation is 1. The number of hydrogen-bond acceptors (Lipinski definition) is 4. The first-order valence-electron chi connectivity index (χ1n) is 6.15. The third-order valence-electron chi connectivity index (χ3n) is 2.61. The van der Waals surface area contributed by atoms with Crippen LogP contribution in [0.15, 0.2) is 41.8 Å². The Kier molecular flexibility index (Phi) is 5.05. The predicted octanol–water partition coefficient (Wildman–Crippen LogP) is 3.31. The molecule has 0 radical (unpaired) electrons. The van der Waals surface area contributed by atoms with Gasteiger partial charge in [0.2, 0.25) is 0 Å². The van der Waals surface area contributed by atoms with Gasteiger partial charge in [-0.1, -0.05) is 23.9 Å². The van der Waals surface area contributed by atoms with E-state index in [0.717, 1.165) is 11.6 Å². The van der Waals surface area contributed by atoms with Crippen molar-refractivity contribution < 1.29 is 14.3 Å². The van der Waals surface area contributed by atoms with Gasteiger partial charge in [0.1, 0.15) is 5.82 Å². The smallest absolute Gasteiger partial charge is 0.328 e. The standard InChI is InChI=1S/C15H13FN2O2S/c1-10-7-17-15(18-8-10)21-9-12-4-2-11(6-13(12)16)3-5-14(19)20/h2-8H,9H2,1H3,(H,19,20). The van der Waals surface area contributed by atoms with Crippen molar-refractivity contribution in [1.29, 1.82) is 0 Å². The molecule has 108 valence electrons. The van der Waals surface area contributed by atoms with E-state index in [-0.39, 0.29) is 5.82 Å². The molecular weight excluding hydrogens is 291 g/mol. The van der Waals surface area contributed by atoms with Gasteiger partial charge in [-0.2, -0.15) is 0 Å². The number of aromatic nitrogens is 2. The number of carboxylic acids is 1. The fourth-order valence-corrected chi connectivity index (χ4v) is 2.32. The van der Waals surface area contributed by atoms with E-state index >= 15 is 0 Å². The topological polar surface area (TPSA) is 63.1 Å². The average molecular weight is 304 g/mol. The number of nitrogens with zero attached hydrogens (tertiary/aromatic N) is 2. The fourth-order valence-electron chi connectivity index (χ4n) is 1.55. The number of carboxylic acid groups (broad SMARTS) is 1.